The van der Waals surface area contributed by atoms with Crippen molar-refractivity contribution < 1.29 is 36.1 Å². The topological polar surface area (TPSA) is 81.3 Å². The Kier molecular flexibility index (Phi) is 7.15. The van der Waals surface area contributed by atoms with E-state index in [2.05, 4.69) is 0 Å². The van der Waals surface area contributed by atoms with E-state index in [1.807, 2.05) is 0 Å². The van der Waals surface area contributed by atoms with Gasteiger partial charge in [-0.1, -0.05) is 0 Å². The van der Waals surface area contributed by atoms with Gasteiger partial charge in [0.2, 0.25) is 0 Å². The summed E-state index contributed by atoms with van der Waals surface area (Å²) in [5.74, 6) is -1.29. The Morgan fingerprint density at radius 1 is 1.75 bits per heavy atom. The second kappa shape index (κ2) is 5.22. The third kappa shape index (κ3) is 4.24. The van der Waals surface area contributed by atoms with E-state index in [1.54, 1.807) is 0 Å². The van der Waals surface area contributed by atoms with Gasteiger partial charge in [-0.15, -0.1) is 0 Å². The normalized spacial score (nSPS) is 11.8. The third-order valence-corrected chi connectivity index (χ3v) is 0.481. The minimum absolute atomic E-state index is 0. The van der Waals surface area contributed by atoms with Crippen LogP contribution in [0.3, 0.4) is 0 Å². The van der Waals surface area contributed by atoms with Crippen LogP contribution < -0.4 is 0 Å². The average molecular weight is 299 g/mol. The maximum absolute atomic E-state index is 9.58. The molecule has 0 heterocycles. The summed E-state index contributed by atoms with van der Waals surface area (Å²) in [4.78, 5) is 9.58. The van der Waals surface area contributed by atoms with Crippen molar-refractivity contribution in [2.24, 2.45) is 0 Å². The van der Waals surface area contributed by atoms with Crippen LogP contribution in [-0.4, -0.2) is 28.8 Å². The van der Waals surface area contributed by atoms with E-state index in [1.165, 1.54) is 0 Å². The monoisotopic (exact) mass is 299 g/mol. The van der Waals surface area contributed by atoms with Crippen molar-refractivity contribution >= 4 is 5.97 Å². The van der Waals surface area contributed by atoms with E-state index < -0.39 is 18.6 Å². The van der Waals surface area contributed by atoms with Gasteiger partial charge < -0.3 is 15.9 Å². The van der Waals surface area contributed by atoms with Crippen molar-refractivity contribution in [1.82, 2.24) is 0 Å². The fraction of sp³-hybridized carbons (Fsp3) is 0.667. The number of carbonyl (C=O) groups is 1. The quantitative estimate of drug-likeness (QED) is 0.720. The van der Waals surface area contributed by atoms with Crippen LogP contribution in [0.4, 0.5) is 0 Å². The first-order chi connectivity index (χ1) is 3.18. The standard InChI is InChI=1S/C3H6NO3.Pt/c4-2(1-5)3(6)7;/h2,4-5H,1H2,(H,6,7);/q-1;. The van der Waals surface area contributed by atoms with Crippen molar-refractivity contribution in [2.75, 3.05) is 6.61 Å². The van der Waals surface area contributed by atoms with Gasteiger partial charge in [0.25, 0.3) is 5.97 Å². The van der Waals surface area contributed by atoms with Crippen LogP contribution in [0.15, 0.2) is 0 Å². The molecule has 0 aliphatic carbocycles. The summed E-state index contributed by atoms with van der Waals surface area (Å²) in [5.41, 5.74) is 6.43. The Morgan fingerprint density at radius 3 is 2.12 bits per heavy atom. The number of aliphatic hydroxyl groups is 1. The molecular formula is C3H6NO3Pt-. The summed E-state index contributed by atoms with van der Waals surface area (Å²) in [6, 6.07) is -1.38. The van der Waals surface area contributed by atoms with Gasteiger partial charge in [0.1, 0.15) is 0 Å². The number of carboxylic acid groups (broad SMARTS) is 1. The number of aliphatic hydroxyl groups excluding tert-OH is 1. The molecule has 52 valence electrons. The minimum Gasteiger partial charge on any atom is -0.663 e. The summed E-state index contributed by atoms with van der Waals surface area (Å²) in [6.07, 6.45) is 0. The maximum Gasteiger partial charge on any atom is 0.287 e. The molecule has 0 spiro atoms. The molecule has 0 fully saturated rings. The Morgan fingerprint density at radius 2 is 2.12 bits per heavy atom. The first kappa shape index (κ1) is 11.0. The summed E-state index contributed by atoms with van der Waals surface area (Å²) in [6.45, 7) is -0.616. The molecule has 1 atom stereocenters. The number of hydrogen-bond donors (Lipinski definition) is 2. The van der Waals surface area contributed by atoms with Crippen molar-refractivity contribution in [2.45, 2.75) is 6.04 Å². The molecule has 0 saturated carbocycles. The first-order valence-electron chi connectivity index (χ1n) is 1.73. The van der Waals surface area contributed by atoms with Gasteiger partial charge in [0, 0.05) is 27.7 Å². The van der Waals surface area contributed by atoms with Crippen LogP contribution >= 0.6 is 0 Å². The Hall–Kier alpha value is 0.0783. The number of aliphatic carboxylic acids is 1. The van der Waals surface area contributed by atoms with E-state index >= 15 is 0 Å². The van der Waals surface area contributed by atoms with Crippen LogP contribution in [0.2, 0.25) is 0 Å². The van der Waals surface area contributed by atoms with Crippen molar-refractivity contribution in [3.05, 3.63) is 5.73 Å². The molecule has 4 nitrogen and oxygen atoms in total. The zero-order chi connectivity index (χ0) is 5.86. The van der Waals surface area contributed by atoms with Gasteiger partial charge >= 0.3 is 0 Å². The molecule has 0 aliphatic rings. The molecular weight excluding hydrogens is 293 g/mol. The van der Waals surface area contributed by atoms with Crippen molar-refractivity contribution in [1.29, 1.82) is 0 Å². The first-order valence-corrected chi connectivity index (χ1v) is 1.73. The van der Waals surface area contributed by atoms with E-state index in [9.17, 15) is 4.79 Å². The number of carboxylic acids is 1. The number of nitrogens with one attached hydrogen (secondary N) is 1. The van der Waals surface area contributed by atoms with Crippen molar-refractivity contribution in [3.63, 3.8) is 0 Å². The van der Waals surface area contributed by atoms with Gasteiger partial charge in [0.05, 0.1) is 0 Å². The van der Waals surface area contributed by atoms with Crippen LogP contribution in [0.5, 0.6) is 0 Å². The van der Waals surface area contributed by atoms with Gasteiger partial charge in [-0.05, 0) is 6.04 Å². The molecule has 0 aliphatic heterocycles. The minimum atomic E-state index is -1.38. The molecule has 0 rings (SSSR count). The molecule has 0 aromatic carbocycles. The molecule has 0 radical (unpaired) electrons. The molecule has 3 N–H and O–H groups in total. The molecule has 0 saturated heterocycles. The predicted octanol–water partition coefficient (Wildman–Crippen LogP) is -0.518. The second-order valence-corrected chi connectivity index (χ2v) is 1.07. The molecule has 0 amide bonds. The van der Waals surface area contributed by atoms with Crippen LogP contribution in [0, 0.1) is 0 Å². The van der Waals surface area contributed by atoms with E-state index in [0.717, 1.165) is 0 Å². The predicted molar refractivity (Wildman–Crippen MR) is 22.8 cm³/mol. The average Bonchev–Trinajstić information content (AvgIpc) is 1.65. The maximum atomic E-state index is 9.58. The molecule has 0 bridgehead atoms. The van der Waals surface area contributed by atoms with Crippen LogP contribution in [0.25, 0.3) is 5.73 Å². The second-order valence-electron chi connectivity index (χ2n) is 1.07. The smallest absolute Gasteiger partial charge is 0.287 e. The zero-order valence-electron chi connectivity index (χ0n) is 3.90. The van der Waals surface area contributed by atoms with Crippen LogP contribution in [0.1, 0.15) is 0 Å². The molecule has 8 heavy (non-hydrogen) atoms. The Balaban J connectivity index is 0. The van der Waals surface area contributed by atoms with E-state index in [4.69, 9.17) is 15.9 Å². The van der Waals surface area contributed by atoms with Gasteiger partial charge in [-0.25, -0.2) is 0 Å². The van der Waals surface area contributed by atoms with E-state index in [-0.39, 0.29) is 21.1 Å². The summed E-state index contributed by atoms with van der Waals surface area (Å²) >= 11 is 0. The third-order valence-electron chi connectivity index (χ3n) is 0.481. The van der Waals surface area contributed by atoms with E-state index in [0.29, 0.717) is 0 Å². The van der Waals surface area contributed by atoms with Gasteiger partial charge in [0.15, 0.2) is 0 Å². The molecule has 0 aromatic rings. The van der Waals surface area contributed by atoms with Gasteiger partial charge in [-0.3, -0.25) is 4.79 Å². The molecule has 5 heteroatoms. The van der Waals surface area contributed by atoms with Crippen molar-refractivity contribution in [3.8, 4) is 0 Å². The molecule has 1 unspecified atom stereocenters. The largest absolute Gasteiger partial charge is 0.663 e. The fourth-order valence-corrected chi connectivity index (χ4v) is 0.0781. The Labute approximate surface area is 60.9 Å². The Bertz CT molecular complexity index is 76.9. The number of rotatable bonds is 2. The van der Waals surface area contributed by atoms with Crippen LogP contribution in [-0.2, 0) is 25.9 Å². The summed E-state index contributed by atoms with van der Waals surface area (Å²) in [5, 5.41) is 15.8. The summed E-state index contributed by atoms with van der Waals surface area (Å²) < 4.78 is 0. The SMILES string of the molecule is [NH-]C(CO)C(=O)O.[Pt]. The number of hydrogen-bond acceptors (Lipinski definition) is 2. The fourth-order valence-electron chi connectivity index (χ4n) is 0.0781. The van der Waals surface area contributed by atoms with Gasteiger partial charge in [-0.2, -0.15) is 0 Å². The molecule has 0 aromatic heterocycles. The summed E-state index contributed by atoms with van der Waals surface area (Å²) in [7, 11) is 0. The zero-order valence-corrected chi connectivity index (χ0v) is 6.18.